The first-order valence-corrected chi connectivity index (χ1v) is 6.60. The van der Waals surface area contributed by atoms with Crippen LogP contribution in [0.4, 0.5) is 0 Å². The van der Waals surface area contributed by atoms with E-state index in [2.05, 4.69) is 33.5 Å². The number of halogens is 1. The van der Waals surface area contributed by atoms with Gasteiger partial charge in [0.25, 0.3) is 0 Å². The lowest BCUT2D eigenvalue weighted by molar-refractivity contribution is 0.219. The zero-order chi connectivity index (χ0) is 12.1. The molecular weight excluding hydrogens is 280 g/mol. The summed E-state index contributed by atoms with van der Waals surface area (Å²) in [5, 5.41) is 0. The first-order chi connectivity index (χ1) is 8.31. The molecule has 2 rings (SSSR count). The Kier molecular flexibility index (Phi) is 4.59. The lowest BCUT2D eigenvalue weighted by Gasteiger charge is -2.23. The lowest BCUT2D eigenvalue weighted by Crippen LogP contribution is -2.39. The van der Waals surface area contributed by atoms with Crippen molar-refractivity contribution in [3.8, 4) is 0 Å². The van der Waals surface area contributed by atoms with Crippen LogP contribution >= 0.6 is 15.9 Å². The molecule has 1 aromatic rings. The van der Waals surface area contributed by atoms with Crippen molar-refractivity contribution in [2.24, 2.45) is 5.84 Å². The molecule has 0 amide bonds. The minimum Gasteiger partial charge on any atom is -0.501 e. The highest BCUT2D eigenvalue weighted by atomic mass is 79.9. The summed E-state index contributed by atoms with van der Waals surface area (Å²) in [5.74, 6) is 5.64. The fourth-order valence-electron chi connectivity index (χ4n) is 2.02. The molecule has 1 heterocycles. The average Bonchev–Trinajstić information content (AvgIpc) is 2.39. The molecule has 1 aromatic carbocycles. The highest BCUT2D eigenvalue weighted by Gasteiger charge is 2.17. The zero-order valence-corrected chi connectivity index (χ0v) is 11.2. The standard InChI is InChI=1S/C13H17BrN2O/c14-12-6-2-1-4-10(12)8-13(16-15)11-5-3-7-17-9-11/h1-2,4,6,9,13,16H,3,5,7-8,15H2. The normalized spacial score (nSPS) is 17.2. The predicted octanol–water partition coefficient (Wildman–Crippen LogP) is 2.52. The van der Waals surface area contributed by atoms with Gasteiger partial charge in [-0.1, -0.05) is 34.1 Å². The van der Waals surface area contributed by atoms with Crippen LogP contribution in [0, 0.1) is 0 Å². The van der Waals surface area contributed by atoms with Gasteiger partial charge in [-0.05, 0) is 36.5 Å². The Labute approximate surface area is 110 Å². The molecule has 92 valence electrons. The fourth-order valence-corrected chi connectivity index (χ4v) is 2.47. The minimum absolute atomic E-state index is 0.147. The van der Waals surface area contributed by atoms with E-state index in [1.54, 1.807) is 0 Å². The molecule has 1 atom stereocenters. The Bertz CT molecular complexity index is 406. The van der Waals surface area contributed by atoms with Gasteiger partial charge in [0, 0.05) is 10.5 Å². The molecule has 0 spiro atoms. The molecule has 0 saturated carbocycles. The van der Waals surface area contributed by atoms with E-state index in [1.165, 1.54) is 11.1 Å². The summed E-state index contributed by atoms with van der Waals surface area (Å²) in [7, 11) is 0. The number of hydrogen-bond acceptors (Lipinski definition) is 3. The molecule has 4 heteroatoms. The van der Waals surface area contributed by atoms with E-state index >= 15 is 0 Å². The summed E-state index contributed by atoms with van der Waals surface area (Å²) in [6, 6.07) is 8.36. The van der Waals surface area contributed by atoms with E-state index in [1.807, 2.05) is 18.4 Å². The Morgan fingerprint density at radius 2 is 2.24 bits per heavy atom. The largest absolute Gasteiger partial charge is 0.501 e. The first kappa shape index (κ1) is 12.6. The topological polar surface area (TPSA) is 47.3 Å². The average molecular weight is 297 g/mol. The van der Waals surface area contributed by atoms with Crippen LogP contribution in [0.3, 0.4) is 0 Å². The Balaban J connectivity index is 2.09. The van der Waals surface area contributed by atoms with E-state index in [-0.39, 0.29) is 6.04 Å². The summed E-state index contributed by atoms with van der Waals surface area (Å²) >= 11 is 3.56. The second-order valence-electron chi connectivity index (χ2n) is 4.18. The van der Waals surface area contributed by atoms with E-state index in [0.717, 1.165) is 30.3 Å². The molecule has 1 aliphatic rings. The van der Waals surface area contributed by atoms with Crippen molar-refractivity contribution >= 4 is 15.9 Å². The van der Waals surface area contributed by atoms with Gasteiger partial charge >= 0.3 is 0 Å². The molecule has 0 bridgehead atoms. The Morgan fingerprint density at radius 3 is 2.88 bits per heavy atom. The SMILES string of the molecule is NNC(Cc1ccccc1Br)C1=COCCC1. The summed E-state index contributed by atoms with van der Waals surface area (Å²) in [6.45, 7) is 0.815. The number of ether oxygens (including phenoxy) is 1. The van der Waals surface area contributed by atoms with Crippen molar-refractivity contribution in [1.82, 2.24) is 5.43 Å². The molecule has 1 unspecified atom stereocenters. The number of hydrogen-bond donors (Lipinski definition) is 2. The molecule has 1 aliphatic heterocycles. The van der Waals surface area contributed by atoms with Crippen LogP contribution < -0.4 is 11.3 Å². The van der Waals surface area contributed by atoms with Crippen LogP contribution in [0.2, 0.25) is 0 Å². The van der Waals surface area contributed by atoms with Crippen LogP contribution in [-0.2, 0) is 11.2 Å². The van der Waals surface area contributed by atoms with E-state index < -0.39 is 0 Å². The third-order valence-electron chi connectivity index (χ3n) is 2.99. The summed E-state index contributed by atoms with van der Waals surface area (Å²) < 4.78 is 6.49. The molecule has 0 aromatic heterocycles. The van der Waals surface area contributed by atoms with Crippen LogP contribution in [0.1, 0.15) is 18.4 Å². The summed E-state index contributed by atoms with van der Waals surface area (Å²) in [5.41, 5.74) is 5.38. The monoisotopic (exact) mass is 296 g/mol. The first-order valence-electron chi connectivity index (χ1n) is 5.81. The maximum absolute atomic E-state index is 5.64. The van der Waals surface area contributed by atoms with E-state index in [4.69, 9.17) is 10.6 Å². The molecule has 0 radical (unpaired) electrons. The number of hydrazine groups is 1. The Hall–Kier alpha value is -0.840. The van der Waals surface area contributed by atoms with Gasteiger partial charge in [0.2, 0.25) is 0 Å². The predicted molar refractivity (Wildman–Crippen MR) is 72.2 cm³/mol. The number of nitrogens with two attached hydrogens (primary N) is 1. The van der Waals surface area contributed by atoms with E-state index in [9.17, 15) is 0 Å². The highest BCUT2D eigenvalue weighted by Crippen LogP contribution is 2.22. The quantitative estimate of drug-likeness (QED) is 0.663. The third-order valence-corrected chi connectivity index (χ3v) is 3.77. The molecule has 3 nitrogen and oxygen atoms in total. The maximum atomic E-state index is 5.64. The Morgan fingerprint density at radius 1 is 1.41 bits per heavy atom. The molecular formula is C13H17BrN2O. The second kappa shape index (κ2) is 6.19. The minimum atomic E-state index is 0.147. The molecule has 0 fully saturated rings. The van der Waals surface area contributed by atoms with Crippen LogP contribution in [0.15, 0.2) is 40.6 Å². The number of rotatable bonds is 4. The lowest BCUT2D eigenvalue weighted by atomic mass is 9.96. The summed E-state index contributed by atoms with van der Waals surface area (Å²) in [6.07, 6.45) is 4.84. The van der Waals surface area contributed by atoms with Crippen molar-refractivity contribution in [1.29, 1.82) is 0 Å². The van der Waals surface area contributed by atoms with Crippen LogP contribution in [0.5, 0.6) is 0 Å². The second-order valence-corrected chi connectivity index (χ2v) is 5.04. The van der Waals surface area contributed by atoms with Crippen LogP contribution in [0.25, 0.3) is 0 Å². The molecule has 3 N–H and O–H groups in total. The van der Waals surface area contributed by atoms with Crippen molar-refractivity contribution < 1.29 is 4.74 Å². The van der Waals surface area contributed by atoms with Crippen molar-refractivity contribution in [2.45, 2.75) is 25.3 Å². The van der Waals surface area contributed by atoms with Gasteiger partial charge in [-0.2, -0.15) is 0 Å². The number of nitrogens with one attached hydrogen (secondary N) is 1. The van der Waals surface area contributed by atoms with Crippen molar-refractivity contribution in [2.75, 3.05) is 6.61 Å². The van der Waals surface area contributed by atoms with E-state index in [0.29, 0.717) is 0 Å². The number of benzene rings is 1. The van der Waals surface area contributed by atoms with Gasteiger partial charge in [-0.15, -0.1) is 0 Å². The van der Waals surface area contributed by atoms with Gasteiger partial charge in [-0.25, -0.2) is 0 Å². The smallest absolute Gasteiger partial charge is 0.0876 e. The molecule has 0 aliphatic carbocycles. The van der Waals surface area contributed by atoms with Crippen LogP contribution in [-0.4, -0.2) is 12.6 Å². The molecule has 17 heavy (non-hydrogen) atoms. The van der Waals surface area contributed by atoms with Gasteiger partial charge in [0.15, 0.2) is 0 Å². The van der Waals surface area contributed by atoms with Gasteiger partial charge in [0.1, 0.15) is 0 Å². The van der Waals surface area contributed by atoms with Crippen molar-refractivity contribution in [3.63, 3.8) is 0 Å². The van der Waals surface area contributed by atoms with Gasteiger partial charge < -0.3 is 4.74 Å². The van der Waals surface area contributed by atoms with Crippen molar-refractivity contribution in [3.05, 3.63) is 46.1 Å². The summed E-state index contributed by atoms with van der Waals surface area (Å²) in [4.78, 5) is 0. The third kappa shape index (κ3) is 3.31. The highest BCUT2D eigenvalue weighted by molar-refractivity contribution is 9.10. The maximum Gasteiger partial charge on any atom is 0.0876 e. The van der Waals surface area contributed by atoms with Gasteiger partial charge in [-0.3, -0.25) is 11.3 Å². The van der Waals surface area contributed by atoms with Gasteiger partial charge in [0.05, 0.1) is 12.9 Å². The molecule has 0 saturated heterocycles. The fraction of sp³-hybridized carbons (Fsp3) is 0.385. The zero-order valence-electron chi connectivity index (χ0n) is 9.66.